The third kappa shape index (κ3) is 9.44. The van der Waals surface area contributed by atoms with Crippen LogP contribution in [0.25, 0.3) is 67.1 Å². The zero-order valence-electron chi connectivity index (χ0n) is 37.0. The number of para-hydroxylation sites is 2. The minimum Gasteiger partial charge on any atom is -0.399 e. The van der Waals surface area contributed by atoms with E-state index in [-0.39, 0.29) is 5.69 Å². The van der Waals surface area contributed by atoms with E-state index >= 15 is 0 Å². The number of hydrogen-bond acceptors (Lipinski definition) is 9. The highest BCUT2D eigenvalue weighted by atomic mass is 16.6. The molecule has 0 atom stereocenters. The van der Waals surface area contributed by atoms with Crippen LogP contribution in [0, 0.1) is 37.8 Å². The number of nitrogens with zero attached hydrogens (tertiary/aromatic N) is 5. The van der Waals surface area contributed by atoms with E-state index in [4.69, 9.17) is 25.7 Å². The molecule has 10 aromatic rings. The van der Waals surface area contributed by atoms with Gasteiger partial charge < -0.3 is 16.4 Å². The van der Waals surface area contributed by atoms with Crippen LogP contribution in [0.5, 0.6) is 0 Å². The van der Waals surface area contributed by atoms with Crippen LogP contribution in [-0.4, -0.2) is 24.9 Å². The van der Waals surface area contributed by atoms with Crippen molar-refractivity contribution in [1.82, 2.24) is 19.9 Å². The van der Waals surface area contributed by atoms with Gasteiger partial charge in [-0.2, -0.15) is 0 Å². The fraction of sp³-hybridized carbons (Fsp3) is 0.0714. The Kier molecular flexibility index (Phi) is 11.9. The SMILES string of the molecule is Cc1ccc(-c2nc3cccc(Nc4ccc(N)cc4)c3nc2-c2ccc(C)cc2)cc1.Cc1ccc(-c2nc3cccc(Nc4ccc([N+](=O)[O-])cc4)c3nc2-c2ccc(C)cc2)cc1. The number of non-ortho nitro benzene ring substituents is 1. The largest absolute Gasteiger partial charge is 0.399 e. The number of anilines is 5. The number of nitrogens with two attached hydrogens (primary N) is 1. The molecule has 66 heavy (non-hydrogen) atoms. The molecule has 2 aromatic heterocycles. The number of rotatable bonds is 9. The second-order valence-corrected chi connectivity index (χ2v) is 16.3. The molecule has 0 unspecified atom stereocenters. The van der Waals surface area contributed by atoms with Crippen LogP contribution in [0.1, 0.15) is 22.3 Å². The van der Waals surface area contributed by atoms with Crippen molar-refractivity contribution in [2.24, 2.45) is 0 Å². The quantitative estimate of drug-likeness (QED) is 0.0733. The van der Waals surface area contributed by atoms with Crippen molar-refractivity contribution < 1.29 is 4.92 Å². The summed E-state index contributed by atoms with van der Waals surface area (Å²) in [6, 6.07) is 59.3. The van der Waals surface area contributed by atoms with Crippen molar-refractivity contribution in [1.29, 1.82) is 0 Å². The van der Waals surface area contributed by atoms with E-state index in [0.29, 0.717) is 0 Å². The molecule has 0 saturated carbocycles. The maximum atomic E-state index is 11.0. The number of hydrogen-bond donors (Lipinski definition) is 3. The van der Waals surface area contributed by atoms with Crippen molar-refractivity contribution in [3.63, 3.8) is 0 Å². The first-order valence-corrected chi connectivity index (χ1v) is 21.6. The Hall–Kier alpha value is -8.76. The summed E-state index contributed by atoms with van der Waals surface area (Å²) in [4.78, 5) is 30.9. The van der Waals surface area contributed by atoms with Crippen LogP contribution in [0.15, 0.2) is 182 Å². The zero-order chi connectivity index (χ0) is 45.7. The maximum absolute atomic E-state index is 11.0. The number of nitrogen functional groups attached to an aromatic ring is 1. The van der Waals surface area contributed by atoms with E-state index in [0.717, 1.165) is 95.5 Å². The summed E-state index contributed by atoms with van der Waals surface area (Å²) < 4.78 is 0. The topological polar surface area (TPSA) is 145 Å². The maximum Gasteiger partial charge on any atom is 0.269 e. The van der Waals surface area contributed by atoms with E-state index in [2.05, 4.69) is 135 Å². The van der Waals surface area contributed by atoms with Crippen molar-refractivity contribution in [3.8, 4) is 45.0 Å². The van der Waals surface area contributed by atoms with Gasteiger partial charge in [0.25, 0.3) is 5.69 Å². The minimum atomic E-state index is -0.409. The minimum absolute atomic E-state index is 0.0488. The standard InChI is InChI=1S/C28H22N4O2.C28H24N4/c1-18-6-10-20(11-7-18)26-27(21-12-8-19(2)9-13-21)31-28-24(4-3-5-25(28)30-26)29-22-14-16-23(17-15-22)32(33)34;1-18-6-10-20(11-7-18)26-27(21-12-8-19(2)9-13-21)32-28-24(4-3-5-25(28)31-26)30-23-16-14-22(29)15-17-23/h3-17,29H,1-2H3;3-17,30H,29H2,1-2H3. The first-order valence-electron chi connectivity index (χ1n) is 21.6. The first kappa shape index (κ1) is 42.5. The van der Waals surface area contributed by atoms with Crippen molar-refractivity contribution in [2.75, 3.05) is 16.4 Å². The number of fused-ring (bicyclic) bond motifs is 2. The van der Waals surface area contributed by atoms with Gasteiger partial charge in [0, 0.05) is 51.4 Å². The Balaban J connectivity index is 0.000000166. The van der Waals surface area contributed by atoms with Gasteiger partial charge in [-0.15, -0.1) is 0 Å². The van der Waals surface area contributed by atoms with Gasteiger partial charge in [-0.25, -0.2) is 19.9 Å². The predicted octanol–water partition coefficient (Wildman–Crippen LogP) is 14.1. The molecule has 10 nitrogen and oxygen atoms in total. The van der Waals surface area contributed by atoms with Gasteiger partial charge >= 0.3 is 0 Å². The highest BCUT2D eigenvalue weighted by Gasteiger charge is 2.17. The molecule has 10 heteroatoms. The molecule has 0 bridgehead atoms. The summed E-state index contributed by atoms with van der Waals surface area (Å²) in [6.07, 6.45) is 0. The molecule has 4 N–H and O–H groups in total. The lowest BCUT2D eigenvalue weighted by atomic mass is 10.0. The van der Waals surface area contributed by atoms with Gasteiger partial charge in [-0.1, -0.05) is 131 Å². The van der Waals surface area contributed by atoms with Gasteiger partial charge in [0.05, 0.1) is 50.1 Å². The molecule has 8 aromatic carbocycles. The number of nitro groups is 1. The van der Waals surface area contributed by atoms with Gasteiger partial charge in [0.2, 0.25) is 0 Å². The van der Waals surface area contributed by atoms with Crippen LogP contribution in [0.2, 0.25) is 0 Å². The average molecular weight is 863 g/mol. The van der Waals surface area contributed by atoms with Crippen LogP contribution in [0.4, 0.5) is 34.1 Å². The summed E-state index contributed by atoms with van der Waals surface area (Å²) in [5, 5.41) is 17.8. The molecule has 0 amide bonds. The number of nitro benzene ring substituents is 1. The number of benzene rings is 8. The Morgan fingerprint density at radius 1 is 0.409 bits per heavy atom. The lowest BCUT2D eigenvalue weighted by Crippen LogP contribution is -1.99. The number of aromatic nitrogens is 4. The Labute approximate surface area is 383 Å². The van der Waals surface area contributed by atoms with Crippen LogP contribution in [0.3, 0.4) is 0 Å². The summed E-state index contributed by atoms with van der Waals surface area (Å²) >= 11 is 0. The fourth-order valence-electron chi connectivity index (χ4n) is 7.55. The Morgan fingerprint density at radius 2 is 0.727 bits per heavy atom. The molecule has 0 spiro atoms. The highest BCUT2D eigenvalue weighted by molar-refractivity contribution is 5.96. The summed E-state index contributed by atoms with van der Waals surface area (Å²) in [5.74, 6) is 0. The van der Waals surface area contributed by atoms with E-state index < -0.39 is 4.92 Å². The molecular formula is C56H46N8O2. The third-order valence-corrected chi connectivity index (χ3v) is 11.2. The average Bonchev–Trinajstić information content (AvgIpc) is 3.33. The Bertz CT molecular complexity index is 3340. The molecule has 0 fully saturated rings. The van der Waals surface area contributed by atoms with Gasteiger partial charge in [0.15, 0.2) is 0 Å². The van der Waals surface area contributed by atoms with Gasteiger partial charge in [-0.05, 0) is 88.4 Å². The van der Waals surface area contributed by atoms with Gasteiger partial charge in [0.1, 0.15) is 11.0 Å². The van der Waals surface area contributed by atoms with Crippen LogP contribution >= 0.6 is 0 Å². The molecule has 0 radical (unpaired) electrons. The predicted molar refractivity (Wildman–Crippen MR) is 270 cm³/mol. The van der Waals surface area contributed by atoms with E-state index in [1.807, 2.05) is 60.7 Å². The number of aryl methyl sites for hydroxylation is 4. The second kappa shape index (κ2) is 18.5. The van der Waals surface area contributed by atoms with E-state index in [1.54, 1.807) is 12.1 Å². The molecular weight excluding hydrogens is 817 g/mol. The monoisotopic (exact) mass is 862 g/mol. The third-order valence-electron chi connectivity index (χ3n) is 11.2. The molecule has 0 saturated heterocycles. The summed E-state index contributed by atoms with van der Waals surface area (Å²) in [7, 11) is 0. The smallest absolute Gasteiger partial charge is 0.269 e. The molecule has 0 aliphatic rings. The van der Waals surface area contributed by atoms with Crippen molar-refractivity contribution in [2.45, 2.75) is 27.7 Å². The molecule has 0 aliphatic heterocycles. The normalized spacial score (nSPS) is 10.9. The molecule has 2 heterocycles. The number of nitrogens with one attached hydrogen (secondary N) is 2. The molecule has 0 aliphatic carbocycles. The van der Waals surface area contributed by atoms with E-state index in [9.17, 15) is 10.1 Å². The lowest BCUT2D eigenvalue weighted by molar-refractivity contribution is -0.384. The van der Waals surface area contributed by atoms with Crippen LogP contribution in [-0.2, 0) is 0 Å². The molecule has 322 valence electrons. The van der Waals surface area contributed by atoms with Crippen molar-refractivity contribution in [3.05, 3.63) is 214 Å². The first-order chi connectivity index (χ1) is 32.0. The summed E-state index contributed by atoms with van der Waals surface area (Å²) in [6.45, 7) is 8.30. The van der Waals surface area contributed by atoms with Crippen LogP contribution < -0.4 is 16.4 Å². The Morgan fingerprint density at radius 3 is 1.06 bits per heavy atom. The van der Waals surface area contributed by atoms with Crippen molar-refractivity contribution >= 4 is 56.2 Å². The zero-order valence-corrected chi connectivity index (χ0v) is 37.0. The summed E-state index contributed by atoms with van der Waals surface area (Å²) in [5.41, 5.74) is 25.4. The lowest BCUT2D eigenvalue weighted by Gasteiger charge is -2.14. The molecule has 10 rings (SSSR count). The van der Waals surface area contributed by atoms with Gasteiger partial charge in [-0.3, -0.25) is 10.1 Å². The van der Waals surface area contributed by atoms with E-state index in [1.165, 1.54) is 34.4 Å². The second-order valence-electron chi connectivity index (χ2n) is 16.3. The highest BCUT2D eigenvalue weighted by Crippen LogP contribution is 2.36. The fourth-order valence-corrected chi connectivity index (χ4v) is 7.55.